The number of aliphatic carboxylic acids is 1. The molecular formula is C12H13NO3S. The van der Waals surface area contributed by atoms with Crippen LogP contribution in [-0.4, -0.2) is 33.7 Å². The van der Waals surface area contributed by atoms with Crippen molar-refractivity contribution in [1.29, 1.82) is 0 Å². The molecule has 5 heteroatoms. The van der Waals surface area contributed by atoms with Crippen LogP contribution in [0.5, 0.6) is 0 Å². The van der Waals surface area contributed by atoms with E-state index < -0.39 is 12.0 Å². The van der Waals surface area contributed by atoms with Crippen molar-refractivity contribution in [1.82, 2.24) is 4.90 Å². The first-order valence-corrected chi connectivity index (χ1v) is 6.36. The van der Waals surface area contributed by atoms with Crippen LogP contribution in [0.25, 0.3) is 0 Å². The van der Waals surface area contributed by atoms with E-state index in [4.69, 9.17) is 5.11 Å². The maximum atomic E-state index is 11.7. The number of benzene rings is 1. The summed E-state index contributed by atoms with van der Waals surface area (Å²) in [6, 6.07) is 8.72. The monoisotopic (exact) mass is 251 g/mol. The molecular weight excluding hydrogens is 238 g/mol. The van der Waals surface area contributed by atoms with E-state index in [-0.39, 0.29) is 11.3 Å². The van der Waals surface area contributed by atoms with Crippen molar-refractivity contribution in [2.75, 3.05) is 5.75 Å². The normalized spacial score (nSPS) is 21.6. The van der Waals surface area contributed by atoms with Crippen molar-refractivity contribution in [3.05, 3.63) is 35.9 Å². The lowest BCUT2D eigenvalue weighted by atomic mass is 10.2. The molecule has 0 aromatic heterocycles. The van der Waals surface area contributed by atoms with Gasteiger partial charge in [0.2, 0.25) is 5.91 Å². The third-order valence-corrected chi connectivity index (χ3v) is 3.99. The number of carbonyl (C=O) groups is 2. The summed E-state index contributed by atoms with van der Waals surface area (Å²) < 4.78 is 0. The number of amides is 1. The van der Waals surface area contributed by atoms with Gasteiger partial charge < -0.3 is 10.0 Å². The molecule has 0 spiro atoms. The fourth-order valence-corrected chi connectivity index (χ4v) is 3.11. The van der Waals surface area contributed by atoms with Gasteiger partial charge >= 0.3 is 5.97 Å². The van der Waals surface area contributed by atoms with Gasteiger partial charge in [-0.15, -0.1) is 11.8 Å². The molecule has 1 aliphatic heterocycles. The molecule has 1 heterocycles. The summed E-state index contributed by atoms with van der Waals surface area (Å²) in [6.07, 6.45) is 0. The van der Waals surface area contributed by atoms with E-state index in [1.54, 1.807) is 6.92 Å². The second kappa shape index (κ2) is 4.79. The van der Waals surface area contributed by atoms with Crippen LogP contribution in [0.3, 0.4) is 0 Å². The average Bonchev–Trinajstić information content (AvgIpc) is 2.71. The molecule has 0 saturated carbocycles. The molecule has 1 amide bonds. The Hall–Kier alpha value is -1.49. The van der Waals surface area contributed by atoms with Gasteiger partial charge in [0, 0.05) is 0 Å². The SMILES string of the molecule is C[C@@H](C(=O)O)N1C(=O)CSC1c1ccccc1. The first kappa shape index (κ1) is 12.0. The third kappa shape index (κ3) is 2.29. The molecule has 2 rings (SSSR count). The zero-order valence-corrected chi connectivity index (χ0v) is 10.2. The van der Waals surface area contributed by atoms with Crippen molar-refractivity contribution in [2.24, 2.45) is 0 Å². The van der Waals surface area contributed by atoms with Crippen LogP contribution in [0.1, 0.15) is 17.9 Å². The topological polar surface area (TPSA) is 57.6 Å². The highest BCUT2D eigenvalue weighted by molar-refractivity contribution is 8.00. The van der Waals surface area contributed by atoms with Crippen molar-refractivity contribution in [3.8, 4) is 0 Å². The number of rotatable bonds is 3. The lowest BCUT2D eigenvalue weighted by Crippen LogP contribution is -2.41. The number of carbonyl (C=O) groups excluding carboxylic acids is 1. The third-order valence-electron chi connectivity index (χ3n) is 2.76. The van der Waals surface area contributed by atoms with Crippen LogP contribution in [-0.2, 0) is 9.59 Å². The summed E-state index contributed by atoms with van der Waals surface area (Å²) >= 11 is 1.47. The van der Waals surface area contributed by atoms with Gasteiger partial charge in [-0.2, -0.15) is 0 Å². The van der Waals surface area contributed by atoms with E-state index in [0.29, 0.717) is 5.75 Å². The smallest absolute Gasteiger partial charge is 0.326 e. The largest absolute Gasteiger partial charge is 0.480 e. The molecule has 0 bridgehead atoms. The Kier molecular flexibility index (Phi) is 3.38. The molecule has 1 aliphatic rings. The van der Waals surface area contributed by atoms with E-state index >= 15 is 0 Å². The zero-order valence-electron chi connectivity index (χ0n) is 9.37. The predicted octanol–water partition coefficient (Wildman–Crippen LogP) is 1.73. The van der Waals surface area contributed by atoms with Gasteiger partial charge in [-0.3, -0.25) is 4.79 Å². The Labute approximate surface area is 104 Å². The van der Waals surface area contributed by atoms with Crippen molar-refractivity contribution < 1.29 is 14.7 Å². The van der Waals surface area contributed by atoms with Crippen LogP contribution in [0.15, 0.2) is 30.3 Å². The highest BCUT2D eigenvalue weighted by Gasteiger charge is 2.38. The molecule has 2 atom stereocenters. The zero-order chi connectivity index (χ0) is 12.4. The van der Waals surface area contributed by atoms with Gasteiger partial charge in [-0.1, -0.05) is 30.3 Å². The van der Waals surface area contributed by atoms with Gasteiger partial charge in [-0.05, 0) is 12.5 Å². The summed E-state index contributed by atoms with van der Waals surface area (Å²) in [6.45, 7) is 1.54. The Bertz CT molecular complexity index is 435. The number of nitrogens with zero attached hydrogens (tertiary/aromatic N) is 1. The van der Waals surface area contributed by atoms with Crippen LogP contribution >= 0.6 is 11.8 Å². The first-order chi connectivity index (χ1) is 8.11. The molecule has 0 aliphatic carbocycles. The van der Waals surface area contributed by atoms with Crippen LogP contribution in [0.2, 0.25) is 0 Å². The highest BCUT2D eigenvalue weighted by Crippen LogP contribution is 2.39. The minimum Gasteiger partial charge on any atom is -0.480 e. The molecule has 0 radical (unpaired) electrons. The molecule has 1 fully saturated rings. The molecule has 90 valence electrons. The van der Waals surface area contributed by atoms with Crippen molar-refractivity contribution in [3.63, 3.8) is 0 Å². The molecule has 17 heavy (non-hydrogen) atoms. The molecule has 1 aromatic carbocycles. The van der Waals surface area contributed by atoms with E-state index in [2.05, 4.69) is 0 Å². The van der Waals surface area contributed by atoms with Gasteiger partial charge in [0.25, 0.3) is 0 Å². The molecule has 1 aromatic rings. The van der Waals surface area contributed by atoms with Crippen LogP contribution in [0, 0.1) is 0 Å². The van der Waals surface area contributed by atoms with E-state index in [0.717, 1.165) is 5.56 Å². The Morgan fingerprint density at radius 2 is 2.12 bits per heavy atom. The fraction of sp³-hybridized carbons (Fsp3) is 0.333. The van der Waals surface area contributed by atoms with E-state index in [1.807, 2.05) is 30.3 Å². The van der Waals surface area contributed by atoms with Gasteiger partial charge in [0.05, 0.1) is 5.75 Å². The quantitative estimate of drug-likeness (QED) is 0.889. The summed E-state index contributed by atoms with van der Waals surface area (Å²) in [5.41, 5.74) is 0.969. The molecule has 1 saturated heterocycles. The summed E-state index contributed by atoms with van der Waals surface area (Å²) in [7, 11) is 0. The standard InChI is InChI=1S/C12H13NO3S/c1-8(12(15)16)13-10(14)7-17-11(13)9-5-3-2-4-6-9/h2-6,8,11H,7H2,1H3,(H,15,16)/t8-,11?/m0/s1. The van der Waals surface area contributed by atoms with E-state index in [1.165, 1.54) is 16.7 Å². The second-order valence-electron chi connectivity index (χ2n) is 3.89. The van der Waals surface area contributed by atoms with E-state index in [9.17, 15) is 9.59 Å². The maximum Gasteiger partial charge on any atom is 0.326 e. The van der Waals surface area contributed by atoms with Gasteiger partial charge in [0.1, 0.15) is 11.4 Å². The minimum atomic E-state index is -0.971. The van der Waals surface area contributed by atoms with Crippen molar-refractivity contribution in [2.45, 2.75) is 18.3 Å². The minimum absolute atomic E-state index is 0.112. The molecule has 1 N–H and O–H groups in total. The molecule has 4 nitrogen and oxygen atoms in total. The van der Waals surface area contributed by atoms with Gasteiger partial charge in [-0.25, -0.2) is 4.79 Å². The Morgan fingerprint density at radius 1 is 1.47 bits per heavy atom. The fourth-order valence-electron chi connectivity index (χ4n) is 1.85. The summed E-state index contributed by atoms with van der Waals surface area (Å²) in [4.78, 5) is 24.2. The van der Waals surface area contributed by atoms with Gasteiger partial charge in [0.15, 0.2) is 0 Å². The lowest BCUT2D eigenvalue weighted by molar-refractivity contribution is -0.148. The average molecular weight is 251 g/mol. The van der Waals surface area contributed by atoms with Crippen LogP contribution < -0.4 is 0 Å². The lowest BCUT2D eigenvalue weighted by Gasteiger charge is -2.27. The number of hydrogen-bond acceptors (Lipinski definition) is 3. The summed E-state index contributed by atoms with van der Waals surface area (Å²) in [5, 5.41) is 8.84. The number of carboxylic acids is 1. The maximum absolute atomic E-state index is 11.7. The number of hydrogen-bond donors (Lipinski definition) is 1. The van der Waals surface area contributed by atoms with Crippen molar-refractivity contribution >= 4 is 23.6 Å². The predicted molar refractivity (Wildman–Crippen MR) is 65.6 cm³/mol. The first-order valence-electron chi connectivity index (χ1n) is 5.32. The molecule has 1 unspecified atom stereocenters. The Balaban J connectivity index is 2.28. The number of carboxylic acid groups (broad SMARTS) is 1. The second-order valence-corrected chi connectivity index (χ2v) is 4.96. The highest BCUT2D eigenvalue weighted by atomic mass is 32.2. The Morgan fingerprint density at radius 3 is 2.71 bits per heavy atom. The summed E-state index contributed by atoms with van der Waals surface area (Å²) in [5.74, 6) is -0.738. The number of thioether (sulfide) groups is 1. The van der Waals surface area contributed by atoms with Crippen LogP contribution in [0.4, 0.5) is 0 Å².